The Bertz CT molecular complexity index is 570. The molecular formula is C13H15NO4S. The fourth-order valence-electron chi connectivity index (χ4n) is 2.16. The van der Waals surface area contributed by atoms with Gasteiger partial charge in [-0.05, 0) is 19.4 Å². The Balaban J connectivity index is 2.60. The topological polar surface area (TPSA) is 74.7 Å². The monoisotopic (exact) mass is 281 g/mol. The summed E-state index contributed by atoms with van der Waals surface area (Å²) in [4.78, 5) is 37.5. The van der Waals surface area contributed by atoms with Gasteiger partial charge in [0.15, 0.2) is 0 Å². The molecule has 0 aliphatic carbocycles. The highest BCUT2D eigenvalue weighted by Gasteiger charge is 2.45. The zero-order valence-electron chi connectivity index (χ0n) is 11.2. The number of thiophene rings is 1. The minimum Gasteiger partial charge on any atom is -0.478 e. The van der Waals surface area contributed by atoms with Crippen molar-refractivity contribution in [1.29, 1.82) is 0 Å². The number of imide groups is 1. The van der Waals surface area contributed by atoms with Gasteiger partial charge >= 0.3 is 5.97 Å². The molecule has 2 rings (SSSR count). The predicted octanol–water partition coefficient (Wildman–Crippen LogP) is 2.21. The van der Waals surface area contributed by atoms with Crippen LogP contribution < -0.4 is 4.90 Å². The smallest absolute Gasteiger partial charge is 0.339 e. The molecule has 0 saturated carbocycles. The summed E-state index contributed by atoms with van der Waals surface area (Å²) in [6.45, 7) is 6.86. The molecule has 1 N–H and O–H groups in total. The average molecular weight is 281 g/mol. The maximum atomic E-state index is 12.1. The molecule has 6 heteroatoms. The number of carbonyl (C=O) groups excluding carboxylic acids is 2. The summed E-state index contributed by atoms with van der Waals surface area (Å²) in [6.07, 6.45) is 0. The third-order valence-electron chi connectivity index (χ3n) is 3.75. The van der Waals surface area contributed by atoms with Crippen LogP contribution in [-0.2, 0) is 9.59 Å². The van der Waals surface area contributed by atoms with Gasteiger partial charge in [0, 0.05) is 16.7 Å². The average Bonchev–Trinajstić information content (AvgIpc) is 2.71. The molecule has 1 aromatic heterocycles. The molecule has 0 aromatic carbocycles. The number of rotatable bonds is 2. The molecule has 2 heterocycles. The first kappa shape index (κ1) is 13.7. The number of anilines is 1. The van der Waals surface area contributed by atoms with Crippen molar-refractivity contribution in [3.05, 3.63) is 16.0 Å². The fourth-order valence-corrected chi connectivity index (χ4v) is 3.32. The van der Waals surface area contributed by atoms with Gasteiger partial charge in [0.1, 0.15) is 5.00 Å². The Morgan fingerprint density at radius 1 is 1.16 bits per heavy atom. The van der Waals surface area contributed by atoms with E-state index in [4.69, 9.17) is 0 Å². The maximum absolute atomic E-state index is 12.1. The summed E-state index contributed by atoms with van der Waals surface area (Å²) in [5, 5.41) is 9.53. The van der Waals surface area contributed by atoms with Crippen molar-refractivity contribution in [2.45, 2.75) is 27.7 Å². The summed E-state index contributed by atoms with van der Waals surface area (Å²) >= 11 is 1.18. The van der Waals surface area contributed by atoms with Crippen molar-refractivity contribution >= 4 is 34.1 Å². The van der Waals surface area contributed by atoms with E-state index in [2.05, 4.69) is 0 Å². The van der Waals surface area contributed by atoms with Crippen LogP contribution in [0.5, 0.6) is 0 Å². The van der Waals surface area contributed by atoms with Crippen LogP contribution in [0.2, 0.25) is 0 Å². The zero-order chi connectivity index (χ0) is 14.5. The Morgan fingerprint density at radius 3 is 2.05 bits per heavy atom. The van der Waals surface area contributed by atoms with Gasteiger partial charge in [-0.1, -0.05) is 13.8 Å². The van der Waals surface area contributed by atoms with Gasteiger partial charge in [-0.2, -0.15) is 0 Å². The van der Waals surface area contributed by atoms with Crippen LogP contribution in [0.25, 0.3) is 0 Å². The highest BCUT2D eigenvalue weighted by atomic mass is 32.1. The fraction of sp³-hybridized carbons (Fsp3) is 0.462. The predicted molar refractivity (Wildman–Crippen MR) is 71.6 cm³/mol. The lowest BCUT2D eigenvalue weighted by atomic mass is 10.00. The van der Waals surface area contributed by atoms with E-state index in [9.17, 15) is 19.5 Å². The van der Waals surface area contributed by atoms with Crippen molar-refractivity contribution < 1.29 is 19.5 Å². The number of amides is 2. The number of hydrogen-bond acceptors (Lipinski definition) is 4. The van der Waals surface area contributed by atoms with E-state index in [1.807, 2.05) is 0 Å². The summed E-state index contributed by atoms with van der Waals surface area (Å²) in [5.74, 6) is -2.55. The minimum absolute atomic E-state index is 0.0606. The molecule has 102 valence electrons. The molecule has 1 fully saturated rings. The maximum Gasteiger partial charge on any atom is 0.339 e. The van der Waals surface area contributed by atoms with E-state index in [-0.39, 0.29) is 22.4 Å². The first-order valence-corrected chi connectivity index (χ1v) is 6.80. The molecule has 19 heavy (non-hydrogen) atoms. The van der Waals surface area contributed by atoms with Gasteiger partial charge in [0.25, 0.3) is 0 Å². The van der Waals surface area contributed by atoms with Crippen molar-refractivity contribution in [1.82, 2.24) is 0 Å². The van der Waals surface area contributed by atoms with Crippen molar-refractivity contribution in [2.24, 2.45) is 11.8 Å². The first-order chi connectivity index (χ1) is 8.77. The highest BCUT2D eigenvalue weighted by molar-refractivity contribution is 7.17. The molecule has 0 spiro atoms. The van der Waals surface area contributed by atoms with Gasteiger partial charge in [-0.3, -0.25) is 9.59 Å². The molecule has 1 aliphatic rings. The highest BCUT2D eigenvalue weighted by Crippen LogP contribution is 2.40. The van der Waals surface area contributed by atoms with Gasteiger partial charge < -0.3 is 5.11 Å². The lowest BCUT2D eigenvalue weighted by molar-refractivity contribution is -0.122. The van der Waals surface area contributed by atoms with Crippen molar-refractivity contribution in [3.8, 4) is 0 Å². The largest absolute Gasteiger partial charge is 0.478 e. The molecule has 0 bridgehead atoms. The molecule has 2 amide bonds. The Labute approximate surface area is 114 Å². The number of hydrogen-bond donors (Lipinski definition) is 1. The van der Waals surface area contributed by atoms with E-state index in [0.717, 1.165) is 9.78 Å². The first-order valence-electron chi connectivity index (χ1n) is 5.98. The number of aryl methyl sites for hydroxylation is 1. The molecule has 1 aliphatic heterocycles. The summed E-state index contributed by atoms with van der Waals surface area (Å²) < 4.78 is 0. The third kappa shape index (κ3) is 1.87. The number of carboxylic acids is 1. The summed E-state index contributed by atoms with van der Waals surface area (Å²) in [7, 11) is 0. The molecule has 0 radical (unpaired) electrons. The second-order valence-corrected chi connectivity index (χ2v) is 6.06. The van der Waals surface area contributed by atoms with Crippen LogP contribution in [0.15, 0.2) is 0 Å². The zero-order valence-corrected chi connectivity index (χ0v) is 12.0. The van der Waals surface area contributed by atoms with E-state index >= 15 is 0 Å². The van der Waals surface area contributed by atoms with Gasteiger partial charge in [0.2, 0.25) is 11.8 Å². The number of nitrogens with zero attached hydrogens (tertiary/aromatic N) is 1. The molecule has 5 nitrogen and oxygen atoms in total. The van der Waals surface area contributed by atoms with Crippen LogP contribution in [0.3, 0.4) is 0 Å². The lowest BCUT2D eigenvalue weighted by Crippen LogP contribution is -2.31. The van der Waals surface area contributed by atoms with Crippen LogP contribution in [0.1, 0.15) is 34.6 Å². The van der Waals surface area contributed by atoms with Crippen LogP contribution >= 0.6 is 11.3 Å². The van der Waals surface area contributed by atoms with Gasteiger partial charge in [-0.15, -0.1) is 11.3 Å². The van der Waals surface area contributed by atoms with Crippen molar-refractivity contribution in [3.63, 3.8) is 0 Å². The molecule has 2 atom stereocenters. The standard InChI is InChI=1S/C13H15NO4S/c1-5-6(2)11(16)14(10(5)15)12-9(13(17)18)7(3)8(4)19-12/h5-6H,1-4H3,(H,17,18). The second kappa shape index (κ2) is 4.45. The van der Waals surface area contributed by atoms with Crippen LogP contribution in [0.4, 0.5) is 5.00 Å². The molecule has 1 aromatic rings. The van der Waals surface area contributed by atoms with E-state index < -0.39 is 17.8 Å². The Morgan fingerprint density at radius 2 is 1.63 bits per heavy atom. The molecule has 2 unspecified atom stereocenters. The SMILES string of the molecule is Cc1sc(N2C(=O)C(C)C(C)C2=O)c(C(=O)O)c1C. The molecular weight excluding hydrogens is 266 g/mol. The summed E-state index contributed by atoms with van der Waals surface area (Å²) in [6, 6.07) is 0. The molecule has 1 saturated heterocycles. The third-order valence-corrected chi connectivity index (χ3v) is 4.95. The quantitative estimate of drug-likeness (QED) is 0.843. The van der Waals surface area contributed by atoms with Crippen LogP contribution in [0, 0.1) is 25.7 Å². The van der Waals surface area contributed by atoms with Gasteiger partial charge in [-0.25, -0.2) is 9.69 Å². The Hall–Kier alpha value is -1.69. The van der Waals surface area contributed by atoms with Crippen LogP contribution in [-0.4, -0.2) is 22.9 Å². The summed E-state index contributed by atoms with van der Waals surface area (Å²) in [5.41, 5.74) is 0.672. The van der Waals surface area contributed by atoms with E-state index in [1.54, 1.807) is 27.7 Å². The van der Waals surface area contributed by atoms with E-state index in [1.165, 1.54) is 11.3 Å². The number of aromatic carboxylic acids is 1. The van der Waals surface area contributed by atoms with Gasteiger partial charge in [0.05, 0.1) is 5.56 Å². The second-order valence-electron chi connectivity index (χ2n) is 4.86. The minimum atomic E-state index is -1.11. The number of carboxylic acid groups (broad SMARTS) is 1. The Kier molecular flexibility index (Phi) is 3.22. The normalized spacial score (nSPS) is 23.3. The lowest BCUT2D eigenvalue weighted by Gasteiger charge is -2.13. The van der Waals surface area contributed by atoms with Crippen molar-refractivity contribution in [2.75, 3.05) is 4.90 Å². The number of carbonyl (C=O) groups is 3. The van der Waals surface area contributed by atoms with E-state index in [0.29, 0.717) is 5.56 Å².